The van der Waals surface area contributed by atoms with Gasteiger partial charge in [-0.2, -0.15) is 0 Å². The van der Waals surface area contributed by atoms with Crippen LogP contribution in [0.5, 0.6) is 5.88 Å². The predicted octanol–water partition coefficient (Wildman–Crippen LogP) is 2.98. The number of methoxy groups -OCH3 is 1. The molecule has 0 radical (unpaired) electrons. The maximum atomic E-state index is 5.84. The predicted molar refractivity (Wildman–Crippen MR) is 57.9 cm³/mol. The second kappa shape index (κ2) is 3.84. The first-order valence-electron chi connectivity index (χ1n) is 4.33. The van der Waals surface area contributed by atoms with Crippen LogP contribution in [0.25, 0.3) is 10.8 Å². The van der Waals surface area contributed by atoms with Crippen molar-refractivity contribution in [1.82, 2.24) is 4.98 Å². The number of fused-ring (bicyclic) bond motifs is 1. The van der Waals surface area contributed by atoms with Crippen LogP contribution in [0.2, 0.25) is 0 Å². The van der Waals surface area contributed by atoms with Gasteiger partial charge in [-0.3, -0.25) is 0 Å². The van der Waals surface area contributed by atoms with Gasteiger partial charge in [0.15, 0.2) is 0 Å². The zero-order valence-electron chi connectivity index (χ0n) is 7.83. The molecule has 2 rings (SSSR count). The highest BCUT2D eigenvalue weighted by molar-refractivity contribution is 6.18. The minimum absolute atomic E-state index is 0.504. The topological polar surface area (TPSA) is 22.1 Å². The first-order valence-corrected chi connectivity index (χ1v) is 4.86. The van der Waals surface area contributed by atoms with Crippen LogP contribution in [0.4, 0.5) is 0 Å². The highest BCUT2D eigenvalue weighted by atomic mass is 35.5. The van der Waals surface area contributed by atoms with E-state index in [2.05, 4.69) is 4.98 Å². The number of rotatable bonds is 2. The average molecular weight is 208 g/mol. The van der Waals surface area contributed by atoms with Gasteiger partial charge in [-0.05, 0) is 10.9 Å². The summed E-state index contributed by atoms with van der Waals surface area (Å²) < 4.78 is 5.07. The molecule has 1 heterocycles. The van der Waals surface area contributed by atoms with E-state index in [9.17, 15) is 0 Å². The molecular formula is C11H10ClNO. The van der Waals surface area contributed by atoms with Crippen molar-refractivity contribution in [3.8, 4) is 5.88 Å². The van der Waals surface area contributed by atoms with Gasteiger partial charge >= 0.3 is 0 Å². The van der Waals surface area contributed by atoms with E-state index >= 15 is 0 Å². The van der Waals surface area contributed by atoms with Crippen LogP contribution < -0.4 is 4.74 Å². The number of hydrogen-bond acceptors (Lipinski definition) is 2. The van der Waals surface area contributed by atoms with E-state index in [0.717, 1.165) is 16.3 Å². The molecule has 1 aromatic heterocycles. The maximum Gasteiger partial charge on any atom is 0.213 e. The number of alkyl halides is 1. The van der Waals surface area contributed by atoms with Crippen LogP contribution in [-0.4, -0.2) is 12.1 Å². The Labute approximate surface area is 87.5 Å². The number of aromatic nitrogens is 1. The van der Waals surface area contributed by atoms with Gasteiger partial charge in [-0.25, -0.2) is 4.98 Å². The minimum atomic E-state index is 0.504. The quantitative estimate of drug-likeness (QED) is 0.707. The molecule has 72 valence electrons. The molecule has 0 N–H and O–H groups in total. The molecule has 2 nitrogen and oxygen atoms in total. The highest BCUT2D eigenvalue weighted by Gasteiger charge is 2.01. The van der Waals surface area contributed by atoms with Crippen LogP contribution in [-0.2, 0) is 5.88 Å². The fraction of sp³-hybridized carbons (Fsp3) is 0.182. The van der Waals surface area contributed by atoms with Crippen molar-refractivity contribution in [2.45, 2.75) is 5.88 Å². The number of ether oxygens (including phenoxy) is 1. The number of pyridine rings is 1. The molecule has 0 aliphatic heterocycles. The zero-order valence-corrected chi connectivity index (χ0v) is 8.58. The lowest BCUT2D eigenvalue weighted by Gasteiger charge is -2.04. The van der Waals surface area contributed by atoms with E-state index in [-0.39, 0.29) is 0 Å². The average Bonchev–Trinajstić information content (AvgIpc) is 2.27. The number of halogens is 1. The van der Waals surface area contributed by atoms with Crippen LogP contribution in [0.15, 0.2) is 30.5 Å². The van der Waals surface area contributed by atoms with Crippen molar-refractivity contribution in [3.05, 3.63) is 36.0 Å². The fourth-order valence-corrected chi connectivity index (χ4v) is 1.68. The molecule has 0 saturated heterocycles. The number of benzene rings is 1. The summed E-state index contributed by atoms with van der Waals surface area (Å²) in [6.07, 6.45) is 1.80. The van der Waals surface area contributed by atoms with Crippen LogP contribution in [0, 0.1) is 0 Å². The van der Waals surface area contributed by atoms with Crippen LogP contribution >= 0.6 is 11.6 Å². The molecule has 14 heavy (non-hydrogen) atoms. The Morgan fingerprint density at radius 3 is 3.00 bits per heavy atom. The van der Waals surface area contributed by atoms with Crippen molar-refractivity contribution >= 4 is 22.4 Å². The monoisotopic (exact) mass is 207 g/mol. The third kappa shape index (κ3) is 1.53. The molecule has 0 aliphatic carbocycles. The van der Waals surface area contributed by atoms with Gasteiger partial charge in [-0.1, -0.05) is 18.2 Å². The van der Waals surface area contributed by atoms with Gasteiger partial charge in [0.2, 0.25) is 5.88 Å². The van der Waals surface area contributed by atoms with Gasteiger partial charge < -0.3 is 4.74 Å². The molecule has 3 heteroatoms. The third-order valence-electron chi connectivity index (χ3n) is 2.18. The fourth-order valence-electron chi connectivity index (χ4n) is 1.44. The SMILES string of the molecule is COc1cc2c(CCl)cccc2cn1. The summed E-state index contributed by atoms with van der Waals surface area (Å²) in [4.78, 5) is 4.14. The molecule has 0 amide bonds. The first kappa shape index (κ1) is 9.28. The molecule has 0 spiro atoms. The van der Waals surface area contributed by atoms with Gasteiger partial charge in [0.05, 0.1) is 7.11 Å². The highest BCUT2D eigenvalue weighted by Crippen LogP contribution is 2.22. The number of nitrogens with zero attached hydrogens (tertiary/aromatic N) is 1. The lowest BCUT2D eigenvalue weighted by Crippen LogP contribution is -1.89. The molecule has 2 aromatic rings. The summed E-state index contributed by atoms with van der Waals surface area (Å²) in [6.45, 7) is 0. The van der Waals surface area contributed by atoms with Gasteiger partial charge in [-0.15, -0.1) is 11.6 Å². The van der Waals surface area contributed by atoms with Crippen molar-refractivity contribution in [3.63, 3.8) is 0 Å². The lowest BCUT2D eigenvalue weighted by atomic mass is 10.1. The molecule has 0 saturated carbocycles. The Morgan fingerprint density at radius 1 is 1.43 bits per heavy atom. The van der Waals surface area contributed by atoms with E-state index < -0.39 is 0 Å². The summed E-state index contributed by atoms with van der Waals surface area (Å²) in [6, 6.07) is 7.91. The molecule has 0 unspecified atom stereocenters. The molecule has 0 bridgehead atoms. The Kier molecular flexibility index (Phi) is 2.55. The summed E-state index contributed by atoms with van der Waals surface area (Å²) in [5.74, 6) is 1.12. The second-order valence-corrected chi connectivity index (χ2v) is 3.27. The van der Waals surface area contributed by atoms with Crippen LogP contribution in [0.1, 0.15) is 5.56 Å². The largest absolute Gasteiger partial charge is 0.481 e. The molecule has 0 aliphatic rings. The Balaban J connectivity index is 2.70. The summed E-state index contributed by atoms with van der Waals surface area (Å²) in [7, 11) is 1.61. The van der Waals surface area contributed by atoms with Crippen LogP contribution in [0.3, 0.4) is 0 Å². The summed E-state index contributed by atoms with van der Waals surface area (Å²) >= 11 is 5.84. The molecule has 0 atom stereocenters. The molecule has 0 fully saturated rings. The Hall–Kier alpha value is -1.28. The van der Waals surface area contributed by atoms with Crippen molar-refractivity contribution in [2.24, 2.45) is 0 Å². The normalized spacial score (nSPS) is 10.4. The van der Waals surface area contributed by atoms with Crippen molar-refractivity contribution in [2.75, 3.05) is 7.11 Å². The van der Waals surface area contributed by atoms with E-state index in [4.69, 9.17) is 16.3 Å². The Morgan fingerprint density at radius 2 is 2.29 bits per heavy atom. The zero-order chi connectivity index (χ0) is 9.97. The van der Waals surface area contributed by atoms with E-state index in [0.29, 0.717) is 11.8 Å². The van der Waals surface area contributed by atoms with Gasteiger partial charge in [0.25, 0.3) is 0 Å². The Bertz CT molecular complexity index is 456. The maximum absolute atomic E-state index is 5.84. The number of hydrogen-bond donors (Lipinski definition) is 0. The minimum Gasteiger partial charge on any atom is -0.481 e. The van der Waals surface area contributed by atoms with E-state index in [1.54, 1.807) is 13.3 Å². The summed E-state index contributed by atoms with van der Waals surface area (Å²) in [5, 5.41) is 2.19. The first-order chi connectivity index (χ1) is 6.85. The second-order valence-electron chi connectivity index (χ2n) is 3.00. The molecular weight excluding hydrogens is 198 g/mol. The standard InChI is InChI=1S/C11H10ClNO/c1-14-11-5-10-8(6-12)3-2-4-9(10)7-13-11/h2-5,7H,6H2,1H3. The van der Waals surface area contributed by atoms with E-state index in [1.165, 1.54) is 0 Å². The summed E-state index contributed by atoms with van der Waals surface area (Å²) in [5.41, 5.74) is 1.10. The van der Waals surface area contributed by atoms with Crippen molar-refractivity contribution in [1.29, 1.82) is 0 Å². The molecule has 1 aromatic carbocycles. The van der Waals surface area contributed by atoms with E-state index in [1.807, 2.05) is 24.3 Å². The lowest BCUT2D eigenvalue weighted by molar-refractivity contribution is 0.399. The third-order valence-corrected chi connectivity index (χ3v) is 2.47. The van der Waals surface area contributed by atoms with Gasteiger partial charge in [0, 0.05) is 23.5 Å². The van der Waals surface area contributed by atoms with Crippen molar-refractivity contribution < 1.29 is 4.74 Å². The van der Waals surface area contributed by atoms with Gasteiger partial charge in [0.1, 0.15) is 0 Å². The smallest absolute Gasteiger partial charge is 0.213 e.